The Bertz CT molecular complexity index is 800. The summed E-state index contributed by atoms with van der Waals surface area (Å²) in [5.41, 5.74) is 4.00. The molecule has 2 rings (SSSR count). The van der Waals surface area contributed by atoms with Crippen molar-refractivity contribution in [1.82, 2.24) is 5.43 Å². The lowest BCUT2D eigenvalue weighted by molar-refractivity contribution is -0.385. The van der Waals surface area contributed by atoms with Crippen LogP contribution in [0.2, 0.25) is 0 Å². The molecule has 118 valence electrons. The van der Waals surface area contributed by atoms with Gasteiger partial charge in [0, 0.05) is 22.8 Å². The lowest BCUT2D eigenvalue weighted by Crippen LogP contribution is -2.19. The second kappa shape index (κ2) is 6.69. The van der Waals surface area contributed by atoms with Crippen molar-refractivity contribution < 1.29 is 14.8 Å². The first-order chi connectivity index (χ1) is 10.9. The van der Waals surface area contributed by atoms with Crippen molar-refractivity contribution >= 4 is 17.3 Å². The number of nitrogens with one attached hydrogen (secondary N) is 1. The van der Waals surface area contributed by atoms with E-state index in [4.69, 9.17) is 0 Å². The van der Waals surface area contributed by atoms with Crippen LogP contribution in [0.1, 0.15) is 28.4 Å². The molecule has 0 radical (unpaired) electrons. The van der Waals surface area contributed by atoms with Crippen LogP contribution in [0.5, 0.6) is 5.75 Å². The Hall–Kier alpha value is -3.22. The zero-order chi connectivity index (χ0) is 17.0. The molecule has 0 aliphatic rings. The molecule has 2 aromatic rings. The zero-order valence-corrected chi connectivity index (χ0v) is 12.6. The summed E-state index contributed by atoms with van der Waals surface area (Å²) < 4.78 is 0. The van der Waals surface area contributed by atoms with E-state index in [0.717, 1.165) is 0 Å². The fraction of sp³-hybridized carbons (Fsp3) is 0.125. The summed E-state index contributed by atoms with van der Waals surface area (Å²) in [5.74, 6) is -0.454. The largest absolute Gasteiger partial charge is 0.508 e. The maximum atomic E-state index is 12.0. The van der Waals surface area contributed by atoms with E-state index in [1.807, 2.05) is 0 Å². The summed E-state index contributed by atoms with van der Waals surface area (Å²) in [6.07, 6.45) is 0. The molecule has 0 bridgehead atoms. The Balaban J connectivity index is 2.18. The highest BCUT2D eigenvalue weighted by Gasteiger charge is 2.14. The first-order valence-electron chi connectivity index (χ1n) is 6.77. The van der Waals surface area contributed by atoms with Gasteiger partial charge in [-0.3, -0.25) is 14.9 Å². The number of nitro groups is 1. The molecule has 0 spiro atoms. The fourth-order valence-electron chi connectivity index (χ4n) is 1.94. The Morgan fingerprint density at radius 2 is 1.96 bits per heavy atom. The smallest absolute Gasteiger partial charge is 0.273 e. The number of phenols is 1. The Kier molecular flexibility index (Phi) is 4.70. The van der Waals surface area contributed by atoms with Crippen LogP contribution in [0.3, 0.4) is 0 Å². The summed E-state index contributed by atoms with van der Waals surface area (Å²) in [6.45, 7) is 3.27. The minimum absolute atomic E-state index is 0.0949. The summed E-state index contributed by atoms with van der Waals surface area (Å²) in [7, 11) is 0. The number of nitrogens with zero attached hydrogens (tertiary/aromatic N) is 2. The topological polar surface area (TPSA) is 105 Å². The number of rotatable bonds is 4. The third-order valence-corrected chi connectivity index (χ3v) is 3.26. The van der Waals surface area contributed by atoms with Crippen LogP contribution in [0.15, 0.2) is 47.6 Å². The maximum Gasteiger partial charge on any atom is 0.273 e. The normalized spacial score (nSPS) is 11.1. The van der Waals surface area contributed by atoms with Gasteiger partial charge in [0.25, 0.3) is 11.6 Å². The molecular formula is C16H15N3O4. The number of amides is 1. The molecule has 0 aliphatic carbocycles. The van der Waals surface area contributed by atoms with Crippen LogP contribution in [-0.4, -0.2) is 21.6 Å². The highest BCUT2D eigenvalue weighted by molar-refractivity contribution is 6.01. The van der Waals surface area contributed by atoms with Gasteiger partial charge in [0.2, 0.25) is 0 Å². The van der Waals surface area contributed by atoms with Crippen molar-refractivity contribution in [2.75, 3.05) is 0 Å². The van der Waals surface area contributed by atoms with Gasteiger partial charge in [-0.25, -0.2) is 5.43 Å². The number of hydrazone groups is 1. The van der Waals surface area contributed by atoms with Gasteiger partial charge in [-0.2, -0.15) is 5.10 Å². The van der Waals surface area contributed by atoms with Gasteiger partial charge in [-0.05, 0) is 32.0 Å². The monoisotopic (exact) mass is 313 g/mol. The number of benzene rings is 2. The first kappa shape index (κ1) is 16.2. The Morgan fingerprint density at radius 1 is 1.22 bits per heavy atom. The lowest BCUT2D eigenvalue weighted by atomic mass is 10.1. The van der Waals surface area contributed by atoms with Crippen molar-refractivity contribution in [3.8, 4) is 5.75 Å². The summed E-state index contributed by atoms with van der Waals surface area (Å²) in [5, 5.41) is 24.3. The van der Waals surface area contributed by atoms with Crippen molar-refractivity contribution in [2.45, 2.75) is 13.8 Å². The molecule has 1 amide bonds. The number of carbonyl (C=O) groups excluding carboxylic acids is 1. The third-order valence-electron chi connectivity index (χ3n) is 3.26. The number of aryl methyl sites for hydroxylation is 1. The van der Waals surface area contributed by atoms with E-state index in [1.165, 1.54) is 30.3 Å². The second-order valence-electron chi connectivity index (χ2n) is 4.95. The van der Waals surface area contributed by atoms with Gasteiger partial charge in [0.05, 0.1) is 10.6 Å². The molecule has 0 saturated carbocycles. The molecule has 0 fully saturated rings. The molecule has 2 aromatic carbocycles. The third kappa shape index (κ3) is 3.91. The number of carbonyl (C=O) groups is 1. The first-order valence-corrected chi connectivity index (χ1v) is 6.77. The standard InChI is InChI=1S/C16H15N3O4/c1-10-6-7-13(9-15(10)19(22)23)16(21)18-17-11(2)12-4-3-5-14(20)8-12/h3-9,20H,1-2H3,(H,18,21)/b17-11+. The van der Waals surface area contributed by atoms with E-state index in [0.29, 0.717) is 16.8 Å². The summed E-state index contributed by atoms with van der Waals surface area (Å²) in [4.78, 5) is 22.4. The quantitative estimate of drug-likeness (QED) is 0.514. The van der Waals surface area contributed by atoms with Crippen LogP contribution in [-0.2, 0) is 0 Å². The molecule has 7 heteroatoms. The average Bonchev–Trinajstić information content (AvgIpc) is 2.52. The molecule has 0 unspecified atom stereocenters. The predicted octanol–water partition coefficient (Wildman–Crippen LogP) is 2.76. The zero-order valence-electron chi connectivity index (χ0n) is 12.6. The second-order valence-corrected chi connectivity index (χ2v) is 4.95. The minimum atomic E-state index is -0.549. The maximum absolute atomic E-state index is 12.0. The molecule has 0 aromatic heterocycles. The van der Waals surface area contributed by atoms with Crippen LogP contribution in [0, 0.1) is 17.0 Å². The molecule has 0 aliphatic heterocycles. The highest BCUT2D eigenvalue weighted by atomic mass is 16.6. The van der Waals surface area contributed by atoms with Gasteiger partial charge in [-0.1, -0.05) is 18.2 Å². The Labute approximate surface area is 132 Å². The van der Waals surface area contributed by atoms with Gasteiger partial charge in [0.1, 0.15) is 5.75 Å². The molecular weight excluding hydrogens is 298 g/mol. The molecule has 0 saturated heterocycles. The molecule has 0 heterocycles. The van der Waals surface area contributed by atoms with Crippen LogP contribution in [0.4, 0.5) is 5.69 Å². The molecule has 2 N–H and O–H groups in total. The van der Waals surface area contributed by atoms with Gasteiger partial charge < -0.3 is 5.11 Å². The lowest BCUT2D eigenvalue weighted by Gasteiger charge is -2.04. The summed E-state index contributed by atoms with van der Waals surface area (Å²) in [6, 6.07) is 10.7. The van der Waals surface area contributed by atoms with Crippen molar-refractivity contribution in [2.24, 2.45) is 5.10 Å². The van der Waals surface area contributed by atoms with E-state index in [9.17, 15) is 20.0 Å². The van der Waals surface area contributed by atoms with Crippen LogP contribution < -0.4 is 5.43 Å². The fourth-order valence-corrected chi connectivity index (χ4v) is 1.94. The van der Waals surface area contributed by atoms with E-state index < -0.39 is 10.8 Å². The van der Waals surface area contributed by atoms with Crippen LogP contribution in [0.25, 0.3) is 0 Å². The number of hydrogen-bond donors (Lipinski definition) is 2. The van der Waals surface area contributed by atoms with E-state index in [1.54, 1.807) is 26.0 Å². The molecule has 0 atom stereocenters. The van der Waals surface area contributed by atoms with Gasteiger partial charge >= 0.3 is 0 Å². The molecule has 7 nitrogen and oxygen atoms in total. The number of phenolic OH excluding ortho intramolecular Hbond substituents is 1. The van der Waals surface area contributed by atoms with Gasteiger partial charge in [-0.15, -0.1) is 0 Å². The average molecular weight is 313 g/mol. The van der Waals surface area contributed by atoms with E-state index in [-0.39, 0.29) is 17.0 Å². The van der Waals surface area contributed by atoms with E-state index in [2.05, 4.69) is 10.5 Å². The predicted molar refractivity (Wildman–Crippen MR) is 85.6 cm³/mol. The molecule has 23 heavy (non-hydrogen) atoms. The Morgan fingerprint density at radius 3 is 2.61 bits per heavy atom. The van der Waals surface area contributed by atoms with Crippen molar-refractivity contribution in [3.63, 3.8) is 0 Å². The van der Waals surface area contributed by atoms with Crippen LogP contribution >= 0.6 is 0 Å². The number of aromatic hydroxyl groups is 1. The minimum Gasteiger partial charge on any atom is -0.508 e. The summed E-state index contributed by atoms with van der Waals surface area (Å²) >= 11 is 0. The highest BCUT2D eigenvalue weighted by Crippen LogP contribution is 2.19. The van der Waals surface area contributed by atoms with Gasteiger partial charge in [0.15, 0.2) is 0 Å². The van der Waals surface area contributed by atoms with Crippen molar-refractivity contribution in [3.05, 3.63) is 69.3 Å². The number of nitro benzene ring substituents is 1. The van der Waals surface area contributed by atoms with E-state index >= 15 is 0 Å². The number of hydrogen-bond acceptors (Lipinski definition) is 5. The SMILES string of the molecule is C/C(=N\NC(=O)c1ccc(C)c([N+](=O)[O-])c1)c1cccc(O)c1. The van der Waals surface area contributed by atoms with Crippen molar-refractivity contribution in [1.29, 1.82) is 0 Å².